The van der Waals surface area contributed by atoms with Crippen LogP contribution < -0.4 is 10.2 Å². The van der Waals surface area contributed by atoms with E-state index in [1.165, 1.54) is 11.3 Å². The third-order valence-corrected chi connectivity index (χ3v) is 2.89. The molecule has 3 heteroatoms. The third kappa shape index (κ3) is 2.35. The lowest BCUT2D eigenvalue weighted by Crippen LogP contribution is -2.36. The largest absolute Gasteiger partial charge is 0.362 e. The monoisotopic (exact) mass is 218 g/mol. The Labute approximate surface area is 96.5 Å². The van der Waals surface area contributed by atoms with E-state index in [2.05, 4.69) is 35.3 Å². The number of benzene rings is 1. The standard InChI is InChI=1S/C13H18N2O/c1-2-8-14-13(16)10-15-9-7-11-5-3-4-6-12(11)15/h3-6H,2,7-10H2,1H3,(H,14,16). The maximum absolute atomic E-state index is 11.6. The summed E-state index contributed by atoms with van der Waals surface area (Å²) in [7, 11) is 0. The molecule has 1 N–H and O–H groups in total. The van der Waals surface area contributed by atoms with Gasteiger partial charge in [-0.2, -0.15) is 0 Å². The number of fused-ring (bicyclic) bond motifs is 1. The predicted octanol–water partition coefficient (Wildman–Crippen LogP) is 1.58. The van der Waals surface area contributed by atoms with Crippen molar-refractivity contribution in [1.29, 1.82) is 0 Å². The molecule has 0 bridgehead atoms. The van der Waals surface area contributed by atoms with E-state index < -0.39 is 0 Å². The van der Waals surface area contributed by atoms with Gasteiger partial charge in [0.2, 0.25) is 5.91 Å². The molecule has 0 aromatic heterocycles. The Balaban J connectivity index is 1.95. The summed E-state index contributed by atoms with van der Waals surface area (Å²) in [4.78, 5) is 13.8. The molecule has 0 atom stereocenters. The minimum absolute atomic E-state index is 0.124. The van der Waals surface area contributed by atoms with Gasteiger partial charge in [-0.3, -0.25) is 4.79 Å². The van der Waals surface area contributed by atoms with Crippen LogP contribution in [0.4, 0.5) is 5.69 Å². The summed E-state index contributed by atoms with van der Waals surface area (Å²) in [6.07, 6.45) is 2.04. The molecule has 0 fully saturated rings. The molecule has 1 aliphatic heterocycles. The Morgan fingerprint density at radius 3 is 3.06 bits per heavy atom. The third-order valence-electron chi connectivity index (χ3n) is 2.89. The Kier molecular flexibility index (Phi) is 3.44. The summed E-state index contributed by atoms with van der Waals surface area (Å²) < 4.78 is 0. The van der Waals surface area contributed by atoms with Crippen molar-refractivity contribution < 1.29 is 4.79 Å². The fourth-order valence-electron chi connectivity index (χ4n) is 2.06. The summed E-state index contributed by atoms with van der Waals surface area (Å²) in [6, 6.07) is 8.31. The molecular formula is C13H18N2O. The van der Waals surface area contributed by atoms with Gasteiger partial charge < -0.3 is 10.2 Å². The smallest absolute Gasteiger partial charge is 0.239 e. The van der Waals surface area contributed by atoms with E-state index >= 15 is 0 Å². The maximum atomic E-state index is 11.6. The van der Waals surface area contributed by atoms with Crippen molar-refractivity contribution in [3.8, 4) is 0 Å². The normalized spacial score (nSPS) is 13.7. The van der Waals surface area contributed by atoms with Crippen LogP contribution in [0.5, 0.6) is 0 Å². The number of carbonyl (C=O) groups excluding carboxylic acids is 1. The molecule has 0 saturated heterocycles. The van der Waals surface area contributed by atoms with Crippen LogP contribution in [0.25, 0.3) is 0 Å². The zero-order chi connectivity index (χ0) is 11.4. The molecule has 2 rings (SSSR count). The Morgan fingerprint density at radius 2 is 2.25 bits per heavy atom. The Hall–Kier alpha value is -1.51. The number of anilines is 1. The van der Waals surface area contributed by atoms with E-state index in [-0.39, 0.29) is 5.91 Å². The number of rotatable bonds is 4. The van der Waals surface area contributed by atoms with Crippen LogP contribution in [0.1, 0.15) is 18.9 Å². The van der Waals surface area contributed by atoms with Gasteiger partial charge in [-0.05, 0) is 24.5 Å². The van der Waals surface area contributed by atoms with Crippen LogP contribution in [0.3, 0.4) is 0 Å². The fourth-order valence-corrected chi connectivity index (χ4v) is 2.06. The molecule has 1 aromatic carbocycles. The van der Waals surface area contributed by atoms with Gasteiger partial charge >= 0.3 is 0 Å². The zero-order valence-electron chi connectivity index (χ0n) is 9.70. The van der Waals surface area contributed by atoms with Gasteiger partial charge in [0.1, 0.15) is 0 Å². The first-order valence-electron chi connectivity index (χ1n) is 5.91. The fraction of sp³-hybridized carbons (Fsp3) is 0.462. The number of nitrogens with one attached hydrogen (secondary N) is 1. The second-order valence-electron chi connectivity index (χ2n) is 4.15. The lowest BCUT2D eigenvalue weighted by atomic mass is 10.2. The van der Waals surface area contributed by atoms with Crippen LogP contribution in [-0.2, 0) is 11.2 Å². The quantitative estimate of drug-likeness (QED) is 0.832. The molecule has 1 amide bonds. The van der Waals surface area contributed by atoms with Crippen LogP contribution in [0.2, 0.25) is 0 Å². The van der Waals surface area contributed by atoms with Crippen molar-refractivity contribution >= 4 is 11.6 Å². The highest BCUT2D eigenvalue weighted by atomic mass is 16.2. The van der Waals surface area contributed by atoms with Crippen molar-refractivity contribution in [1.82, 2.24) is 5.32 Å². The van der Waals surface area contributed by atoms with Gasteiger partial charge in [-0.15, -0.1) is 0 Å². The zero-order valence-corrected chi connectivity index (χ0v) is 9.70. The second-order valence-corrected chi connectivity index (χ2v) is 4.15. The summed E-state index contributed by atoms with van der Waals surface area (Å²) in [5, 5.41) is 2.91. The van der Waals surface area contributed by atoms with Crippen molar-refractivity contribution in [3.05, 3.63) is 29.8 Å². The highest BCUT2D eigenvalue weighted by Crippen LogP contribution is 2.26. The van der Waals surface area contributed by atoms with Crippen LogP contribution in [-0.4, -0.2) is 25.5 Å². The van der Waals surface area contributed by atoms with Crippen molar-refractivity contribution in [3.63, 3.8) is 0 Å². The van der Waals surface area contributed by atoms with Gasteiger partial charge in [0.25, 0.3) is 0 Å². The van der Waals surface area contributed by atoms with Crippen LogP contribution in [0.15, 0.2) is 24.3 Å². The minimum Gasteiger partial charge on any atom is -0.362 e. The topological polar surface area (TPSA) is 32.3 Å². The second kappa shape index (κ2) is 5.01. The molecule has 1 heterocycles. The summed E-state index contributed by atoms with van der Waals surface area (Å²) in [5.41, 5.74) is 2.57. The maximum Gasteiger partial charge on any atom is 0.239 e. The summed E-state index contributed by atoms with van der Waals surface area (Å²) in [6.45, 7) is 4.27. The molecule has 1 aliphatic rings. The molecule has 1 aromatic rings. The summed E-state index contributed by atoms with van der Waals surface area (Å²) in [5.74, 6) is 0.124. The van der Waals surface area contributed by atoms with E-state index in [4.69, 9.17) is 0 Å². The Bertz CT molecular complexity index is 376. The lowest BCUT2D eigenvalue weighted by molar-refractivity contribution is -0.119. The van der Waals surface area contributed by atoms with Crippen molar-refractivity contribution in [2.45, 2.75) is 19.8 Å². The molecule has 0 radical (unpaired) electrons. The highest BCUT2D eigenvalue weighted by Gasteiger charge is 2.19. The average Bonchev–Trinajstić information content (AvgIpc) is 2.70. The predicted molar refractivity (Wildman–Crippen MR) is 65.7 cm³/mol. The number of carbonyl (C=O) groups is 1. The molecule has 0 spiro atoms. The molecule has 0 saturated carbocycles. The highest BCUT2D eigenvalue weighted by molar-refractivity contribution is 5.82. The number of amides is 1. The van der Waals surface area contributed by atoms with Crippen molar-refractivity contribution in [2.24, 2.45) is 0 Å². The molecule has 0 unspecified atom stereocenters. The first-order valence-corrected chi connectivity index (χ1v) is 5.91. The van der Waals surface area contributed by atoms with E-state index in [9.17, 15) is 4.79 Å². The van der Waals surface area contributed by atoms with Crippen LogP contribution in [0, 0.1) is 0 Å². The average molecular weight is 218 g/mol. The first-order chi connectivity index (χ1) is 7.81. The van der Waals surface area contributed by atoms with Crippen molar-refractivity contribution in [2.75, 3.05) is 24.5 Å². The van der Waals surface area contributed by atoms with E-state index in [0.717, 1.165) is 25.9 Å². The lowest BCUT2D eigenvalue weighted by Gasteiger charge is -2.18. The van der Waals surface area contributed by atoms with Gasteiger partial charge in [0, 0.05) is 18.8 Å². The summed E-state index contributed by atoms with van der Waals surface area (Å²) >= 11 is 0. The molecule has 3 nitrogen and oxygen atoms in total. The number of hydrogen-bond donors (Lipinski definition) is 1. The number of hydrogen-bond acceptors (Lipinski definition) is 2. The SMILES string of the molecule is CCCNC(=O)CN1CCc2ccccc21. The van der Waals surface area contributed by atoms with Gasteiger partial charge in [-0.25, -0.2) is 0 Å². The van der Waals surface area contributed by atoms with E-state index in [1.807, 2.05) is 6.07 Å². The van der Waals surface area contributed by atoms with E-state index in [1.54, 1.807) is 0 Å². The minimum atomic E-state index is 0.124. The number of nitrogens with zero attached hydrogens (tertiary/aromatic N) is 1. The first kappa shape index (κ1) is 11.0. The van der Waals surface area contributed by atoms with Gasteiger partial charge in [-0.1, -0.05) is 25.1 Å². The van der Waals surface area contributed by atoms with E-state index in [0.29, 0.717) is 6.54 Å². The van der Waals surface area contributed by atoms with Gasteiger partial charge in [0.05, 0.1) is 6.54 Å². The molecule has 86 valence electrons. The Morgan fingerprint density at radius 1 is 1.44 bits per heavy atom. The molecule has 16 heavy (non-hydrogen) atoms. The molecule has 0 aliphatic carbocycles. The van der Waals surface area contributed by atoms with Crippen LogP contribution >= 0.6 is 0 Å². The molecular weight excluding hydrogens is 200 g/mol. The van der Waals surface area contributed by atoms with Gasteiger partial charge in [0.15, 0.2) is 0 Å². The number of para-hydroxylation sites is 1.